The number of halogens is 3. The zero-order valence-electron chi connectivity index (χ0n) is 22.4. The van der Waals surface area contributed by atoms with E-state index in [0.29, 0.717) is 28.5 Å². The molecule has 0 radical (unpaired) electrons. The summed E-state index contributed by atoms with van der Waals surface area (Å²) in [7, 11) is 0. The molecule has 5 nitrogen and oxygen atoms in total. The lowest BCUT2D eigenvalue weighted by Crippen LogP contribution is -2.39. The Morgan fingerprint density at radius 1 is 1.00 bits per heavy atom. The molecular weight excluding hydrogens is 562 g/mol. The van der Waals surface area contributed by atoms with Crippen LogP contribution in [0.5, 0.6) is 0 Å². The average Bonchev–Trinajstić information content (AvgIpc) is 3.37. The van der Waals surface area contributed by atoms with E-state index in [2.05, 4.69) is 22.4 Å². The molecule has 0 bridgehead atoms. The maximum Gasteiger partial charge on any atom is 0.323 e. The lowest BCUT2D eigenvalue weighted by atomic mass is 9.89. The number of benzene rings is 3. The molecule has 1 aliphatic carbocycles. The summed E-state index contributed by atoms with van der Waals surface area (Å²) in [5.41, 5.74) is 7.92. The van der Waals surface area contributed by atoms with Crippen LogP contribution in [-0.4, -0.2) is 33.8 Å². The predicted octanol–water partition coefficient (Wildman–Crippen LogP) is 6.79. The molecule has 2 atom stereocenters. The van der Waals surface area contributed by atoms with E-state index in [1.54, 1.807) is 18.5 Å². The van der Waals surface area contributed by atoms with Gasteiger partial charge in [-0.15, -0.1) is 0 Å². The lowest BCUT2D eigenvalue weighted by molar-refractivity contribution is -0.140. The molecule has 41 heavy (non-hydrogen) atoms. The third-order valence-electron chi connectivity index (χ3n) is 7.86. The number of rotatable bonds is 11. The Morgan fingerprint density at radius 2 is 1.80 bits per heavy atom. The zero-order chi connectivity index (χ0) is 28.9. The van der Waals surface area contributed by atoms with Crippen LogP contribution in [0.15, 0.2) is 73.1 Å². The fourth-order valence-electron chi connectivity index (χ4n) is 5.75. The number of aliphatic hydroxyl groups excluding tert-OH is 1. The molecule has 0 saturated heterocycles. The summed E-state index contributed by atoms with van der Waals surface area (Å²) < 4.78 is 14.6. The maximum atomic E-state index is 14.6. The topological polar surface area (TPSA) is 82.5 Å². The van der Waals surface area contributed by atoms with E-state index in [4.69, 9.17) is 23.2 Å². The molecule has 1 heterocycles. The number of nitrogens with one attached hydrogen (secondary N) is 1. The normalized spacial score (nSPS) is 15.1. The van der Waals surface area contributed by atoms with E-state index >= 15 is 0 Å². The number of aromatic nitrogens is 1. The Bertz CT molecular complexity index is 1560. The maximum absolute atomic E-state index is 14.6. The molecule has 1 aliphatic rings. The van der Waals surface area contributed by atoms with Gasteiger partial charge < -0.3 is 10.2 Å². The van der Waals surface area contributed by atoms with Crippen LogP contribution in [0.3, 0.4) is 0 Å². The molecule has 4 aromatic rings. The number of aryl methyl sites for hydroxylation is 2. The number of hydrogen-bond donors (Lipinski definition) is 3. The highest BCUT2D eigenvalue weighted by Crippen LogP contribution is 2.42. The van der Waals surface area contributed by atoms with Crippen LogP contribution in [-0.2, 0) is 37.0 Å². The SMILES string of the molecule is O=C(O)C(CO)NCc1cc(Cl)c(C[C@H]2CCc3c(-c4ccccc4F)cccc32)cc1CCc1cncc(Cl)c1. The minimum atomic E-state index is -1.11. The van der Waals surface area contributed by atoms with Gasteiger partial charge in [0.2, 0.25) is 0 Å². The van der Waals surface area contributed by atoms with Crippen molar-refractivity contribution in [3.8, 4) is 11.1 Å². The van der Waals surface area contributed by atoms with E-state index in [-0.39, 0.29) is 18.3 Å². The van der Waals surface area contributed by atoms with Gasteiger partial charge in [-0.2, -0.15) is 0 Å². The summed E-state index contributed by atoms with van der Waals surface area (Å²) in [6.45, 7) is -0.264. The van der Waals surface area contributed by atoms with E-state index in [1.807, 2.05) is 36.4 Å². The Balaban J connectivity index is 1.42. The van der Waals surface area contributed by atoms with Crippen molar-refractivity contribution in [1.82, 2.24) is 10.3 Å². The number of pyridine rings is 1. The van der Waals surface area contributed by atoms with Gasteiger partial charge in [0.05, 0.1) is 11.6 Å². The van der Waals surface area contributed by atoms with E-state index in [1.165, 1.54) is 17.2 Å². The first-order valence-electron chi connectivity index (χ1n) is 13.7. The fraction of sp³-hybridized carbons (Fsp3) is 0.273. The minimum absolute atomic E-state index is 0.220. The molecule has 0 amide bonds. The first-order chi connectivity index (χ1) is 19.8. The highest BCUT2D eigenvalue weighted by Gasteiger charge is 2.27. The number of carboxylic acid groups (broad SMARTS) is 1. The van der Waals surface area contributed by atoms with Crippen LogP contribution in [0, 0.1) is 5.82 Å². The number of aliphatic carboxylic acids is 1. The summed E-state index contributed by atoms with van der Waals surface area (Å²) in [5, 5.41) is 22.9. The monoisotopic (exact) mass is 592 g/mol. The number of carbonyl (C=O) groups is 1. The standard InChI is InChI=1S/C33H31Cl2FN2O3/c34-25-12-20(16-37-18-25)8-9-21-13-23(30(35)15-24(21)17-38-32(19-39)33(40)41)14-22-10-11-28-26(22)5-3-6-27(28)29-4-1-2-7-31(29)36/h1-7,12-13,15-16,18,22,32,38-39H,8-11,14,17,19H2,(H,40,41)/t22-,32?/m1/s1. The molecule has 0 spiro atoms. The summed E-state index contributed by atoms with van der Waals surface area (Å²) in [4.78, 5) is 15.6. The molecule has 1 aromatic heterocycles. The van der Waals surface area contributed by atoms with Crippen molar-refractivity contribution in [3.63, 3.8) is 0 Å². The number of hydrogen-bond acceptors (Lipinski definition) is 4. The highest BCUT2D eigenvalue weighted by molar-refractivity contribution is 6.31. The van der Waals surface area contributed by atoms with Crippen molar-refractivity contribution < 1.29 is 19.4 Å². The zero-order valence-corrected chi connectivity index (χ0v) is 23.9. The van der Waals surface area contributed by atoms with Crippen LogP contribution in [0.25, 0.3) is 11.1 Å². The molecule has 3 aromatic carbocycles. The molecule has 0 saturated carbocycles. The molecule has 5 rings (SSSR count). The second-order valence-corrected chi connectivity index (χ2v) is 11.3. The van der Waals surface area contributed by atoms with Gasteiger partial charge in [-0.1, -0.05) is 65.7 Å². The van der Waals surface area contributed by atoms with Crippen molar-refractivity contribution in [1.29, 1.82) is 0 Å². The molecule has 212 valence electrons. The molecular formula is C33H31Cl2FN2O3. The fourth-order valence-corrected chi connectivity index (χ4v) is 6.21. The van der Waals surface area contributed by atoms with Gasteiger partial charge in [0.25, 0.3) is 0 Å². The number of nitrogens with zero attached hydrogens (tertiary/aromatic N) is 1. The smallest absolute Gasteiger partial charge is 0.323 e. The summed E-state index contributed by atoms with van der Waals surface area (Å²) in [5.74, 6) is -1.09. The van der Waals surface area contributed by atoms with Crippen molar-refractivity contribution in [2.75, 3.05) is 6.61 Å². The van der Waals surface area contributed by atoms with Gasteiger partial charge >= 0.3 is 5.97 Å². The number of aliphatic hydroxyl groups is 1. The first kappa shape index (κ1) is 29.2. The molecule has 0 aliphatic heterocycles. The Morgan fingerprint density at radius 3 is 2.56 bits per heavy atom. The second kappa shape index (κ2) is 13.1. The van der Waals surface area contributed by atoms with Gasteiger partial charge in [0, 0.05) is 29.5 Å². The third-order valence-corrected chi connectivity index (χ3v) is 8.42. The van der Waals surface area contributed by atoms with Crippen LogP contribution in [0.4, 0.5) is 4.39 Å². The van der Waals surface area contributed by atoms with Gasteiger partial charge in [-0.25, -0.2) is 4.39 Å². The van der Waals surface area contributed by atoms with Gasteiger partial charge in [-0.05, 0) is 95.2 Å². The third kappa shape index (κ3) is 6.79. The number of carboxylic acids is 1. The quantitative estimate of drug-likeness (QED) is 0.179. The first-order valence-corrected chi connectivity index (χ1v) is 14.4. The van der Waals surface area contributed by atoms with E-state index < -0.39 is 18.6 Å². The van der Waals surface area contributed by atoms with Crippen LogP contribution < -0.4 is 5.32 Å². The minimum Gasteiger partial charge on any atom is -0.480 e. The molecule has 3 N–H and O–H groups in total. The second-order valence-electron chi connectivity index (χ2n) is 10.5. The summed E-state index contributed by atoms with van der Waals surface area (Å²) in [6.07, 6.45) is 7.31. The summed E-state index contributed by atoms with van der Waals surface area (Å²) in [6, 6.07) is 17.9. The number of fused-ring (bicyclic) bond motifs is 1. The van der Waals surface area contributed by atoms with E-state index in [9.17, 15) is 19.4 Å². The lowest BCUT2D eigenvalue weighted by Gasteiger charge is -2.19. The van der Waals surface area contributed by atoms with Crippen molar-refractivity contribution in [2.24, 2.45) is 0 Å². The Kier molecular flexibility index (Phi) is 9.35. The predicted molar refractivity (Wildman–Crippen MR) is 160 cm³/mol. The van der Waals surface area contributed by atoms with Gasteiger partial charge in [-0.3, -0.25) is 15.1 Å². The van der Waals surface area contributed by atoms with Gasteiger partial charge in [0.1, 0.15) is 11.9 Å². The van der Waals surface area contributed by atoms with Crippen molar-refractivity contribution >= 4 is 29.2 Å². The largest absolute Gasteiger partial charge is 0.480 e. The van der Waals surface area contributed by atoms with Crippen LogP contribution >= 0.6 is 23.2 Å². The molecule has 1 unspecified atom stereocenters. The highest BCUT2D eigenvalue weighted by atomic mass is 35.5. The Labute approximate surface area is 249 Å². The van der Waals surface area contributed by atoms with Crippen molar-refractivity contribution in [2.45, 2.75) is 50.6 Å². The molecule has 8 heteroatoms. The van der Waals surface area contributed by atoms with Crippen LogP contribution in [0.2, 0.25) is 10.0 Å². The molecule has 0 fully saturated rings. The summed E-state index contributed by atoms with van der Waals surface area (Å²) >= 11 is 13.0. The Hall–Kier alpha value is -3.29. The average molecular weight is 594 g/mol. The van der Waals surface area contributed by atoms with Crippen molar-refractivity contribution in [3.05, 3.63) is 122 Å². The van der Waals surface area contributed by atoms with Crippen LogP contribution in [0.1, 0.15) is 45.7 Å². The van der Waals surface area contributed by atoms with E-state index in [0.717, 1.165) is 47.1 Å². The van der Waals surface area contributed by atoms with Gasteiger partial charge in [0.15, 0.2) is 0 Å².